The first-order chi connectivity index (χ1) is 11.7. The SMILES string of the molecule is CCSCCC(=O)NCc1ccc(C(=O)Nc2cccnc2)cc1. The van der Waals surface area contributed by atoms with Gasteiger partial charge in [-0.3, -0.25) is 14.6 Å². The maximum atomic E-state index is 12.1. The van der Waals surface area contributed by atoms with E-state index >= 15 is 0 Å². The number of amides is 2. The molecule has 1 aromatic heterocycles. The lowest BCUT2D eigenvalue weighted by molar-refractivity contribution is -0.120. The summed E-state index contributed by atoms with van der Waals surface area (Å²) in [4.78, 5) is 27.8. The number of thioether (sulfide) groups is 1. The molecule has 2 aromatic rings. The van der Waals surface area contributed by atoms with Crippen molar-refractivity contribution in [1.82, 2.24) is 10.3 Å². The van der Waals surface area contributed by atoms with Crippen molar-refractivity contribution >= 4 is 29.3 Å². The van der Waals surface area contributed by atoms with E-state index in [2.05, 4.69) is 22.5 Å². The lowest BCUT2D eigenvalue weighted by Gasteiger charge is -2.07. The highest BCUT2D eigenvalue weighted by atomic mass is 32.2. The van der Waals surface area contributed by atoms with Crippen LogP contribution in [0.15, 0.2) is 48.8 Å². The third-order valence-electron chi connectivity index (χ3n) is 3.30. The molecule has 0 aliphatic rings. The number of pyridine rings is 1. The predicted molar refractivity (Wildman–Crippen MR) is 98.1 cm³/mol. The van der Waals surface area contributed by atoms with Crippen LogP contribution in [-0.2, 0) is 11.3 Å². The standard InChI is InChI=1S/C18H21N3O2S/c1-2-24-11-9-17(22)20-12-14-5-7-15(8-6-14)18(23)21-16-4-3-10-19-13-16/h3-8,10,13H,2,9,11-12H2,1H3,(H,20,22)(H,21,23). The second-order valence-electron chi connectivity index (χ2n) is 5.12. The molecule has 6 heteroatoms. The molecule has 2 rings (SSSR count). The summed E-state index contributed by atoms with van der Waals surface area (Å²) in [6, 6.07) is 10.7. The van der Waals surface area contributed by atoms with Crippen LogP contribution in [0.4, 0.5) is 5.69 Å². The first-order valence-electron chi connectivity index (χ1n) is 7.84. The molecule has 1 heterocycles. The van der Waals surface area contributed by atoms with E-state index in [1.165, 1.54) is 0 Å². The molecule has 2 N–H and O–H groups in total. The fraction of sp³-hybridized carbons (Fsp3) is 0.278. The summed E-state index contributed by atoms with van der Waals surface area (Å²) in [5, 5.41) is 5.67. The first-order valence-corrected chi connectivity index (χ1v) is 8.99. The van der Waals surface area contributed by atoms with Crippen molar-refractivity contribution in [3.8, 4) is 0 Å². The van der Waals surface area contributed by atoms with Crippen LogP contribution < -0.4 is 10.6 Å². The van der Waals surface area contributed by atoms with Gasteiger partial charge in [-0.2, -0.15) is 11.8 Å². The van der Waals surface area contributed by atoms with E-state index in [-0.39, 0.29) is 11.8 Å². The van der Waals surface area contributed by atoms with Gasteiger partial charge in [-0.1, -0.05) is 19.1 Å². The number of carbonyl (C=O) groups excluding carboxylic acids is 2. The highest BCUT2D eigenvalue weighted by molar-refractivity contribution is 7.99. The Labute approximate surface area is 146 Å². The summed E-state index contributed by atoms with van der Waals surface area (Å²) >= 11 is 1.75. The second-order valence-corrected chi connectivity index (χ2v) is 6.51. The number of carbonyl (C=O) groups is 2. The third-order valence-corrected chi connectivity index (χ3v) is 4.20. The first kappa shape index (κ1) is 18.0. The number of hydrogen-bond donors (Lipinski definition) is 2. The Kier molecular flexibility index (Phi) is 7.29. The van der Waals surface area contributed by atoms with E-state index in [0.29, 0.717) is 24.2 Å². The second kappa shape index (κ2) is 9.72. The van der Waals surface area contributed by atoms with Crippen molar-refractivity contribution in [1.29, 1.82) is 0 Å². The monoisotopic (exact) mass is 343 g/mol. The van der Waals surface area contributed by atoms with Crippen LogP contribution in [0.5, 0.6) is 0 Å². The minimum Gasteiger partial charge on any atom is -0.352 e. The summed E-state index contributed by atoms with van der Waals surface area (Å²) in [5.74, 6) is 1.73. The zero-order chi connectivity index (χ0) is 17.2. The molecule has 1 aromatic carbocycles. The number of nitrogens with zero attached hydrogens (tertiary/aromatic N) is 1. The van der Waals surface area contributed by atoms with Gasteiger partial charge in [-0.15, -0.1) is 0 Å². The molecule has 5 nitrogen and oxygen atoms in total. The van der Waals surface area contributed by atoms with Gasteiger partial charge >= 0.3 is 0 Å². The van der Waals surface area contributed by atoms with Crippen molar-refractivity contribution in [2.75, 3.05) is 16.8 Å². The van der Waals surface area contributed by atoms with Gasteiger partial charge in [0.1, 0.15) is 0 Å². The molecule has 0 saturated heterocycles. The number of nitrogens with one attached hydrogen (secondary N) is 2. The van der Waals surface area contributed by atoms with E-state index in [0.717, 1.165) is 17.1 Å². The number of benzene rings is 1. The molecular weight excluding hydrogens is 322 g/mol. The molecule has 0 spiro atoms. The van der Waals surface area contributed by atoms with Crippen molar-refractivity contribution in [3.63, 3.8) is 0 Å². The quantitative estimate of drug-likeness (QED) is 0.723. The Morgan fingerprint density at radius 2 is 1.96 bits per heavy atom. The van der Waals surface area contributed by atoms with Gasteiger partial charge in [0.05, 0.1) is 11.9 Å². The molecule has 0 bridgehead atoms. The maximum absolute atomic E-state index is 12.1. The Balaban J connectivity index is 1.82. The van der Waals surface area contributed by atoms with E-state index in [1.807, 2.05) is 12.1 Å². The Morgan fingerprint density at radius 1 is 1.17 bits per heavy atom. The van der Waals surface area contributed by atoms with Gasteiger partial charge in [0.2, 0.25) is 5.91 Å². The minimum atomic E-state index is -0.185. The fourth-order valence-electron chi connectivity index (χ4n) is 2.01. The molecule has 0 unspecified atom stereocenters. The summed E-state index contributed by atoms with van der Waals surface area (Å²) in [6.07, 6.45) is 3.78. The van der Waals surface area contributed by atoms with Gasteiger partial charge in [0, 0.05) is 30.5 Å². The Hall–Kier alpha value is -2.34. The van der Waals surface area contributed by atoms with E-state index in [1.54, 1.807) is 48.4 Å². The van der Waals surface area contributed by atoms with E-state index in [9.17, 15) is 9.59 Å². The van der Waals surface area contributed by atoms with E-state index in [4.69, 9.17) is 0 Å². The van der Waals surface area contributed by atoms with Gasteiger partial charge < -0.3 is 10.6 Å². The molecule has 0 radical (unpaired) electrons. The number of anilines is 1. The van der Waals surface area contributed by atoms with Crippen molar-refractivity contribution in [2.24, 2.45) is 0 Å². The molecule has 0 atom stereocenters. The highest BCUT2D eigenvalue weighted by Gasteiger charge is 2.06. The maximum Gasteiger partial charge on any atom is 0.255 e. The van der Waals surface area contributed by atoms with Crippen molar-refractivity contribution in [2.45, 2.75) is 19.9 Å². The van der Waals surface area contributed by atoms with Crippen LogP contribution in [0.25, 0.3) is 0 Å². The van der Waals surface area contributed by atoms with Crippen molar-refractivity contribution in [3.05, 3.63) is 59.9 Å². The summed E-state index contributed by atoms with van der Waals surface area (Å²) in [6.45, 7) is 2.55. The highest BCUT2D eigenvalue weighted by Crippen LogP contribution is 2.09. The summed E-state index contributed by atoms with van der Waals surface area (Å²) in [7, 11) is 0. The molecule has 126 valence electrons. The fourth-order valence-corrected chi connectivity index (χ4v) is 2.63. The predicted octanol–water partition coefficient (Wildman–Crippen LogP) is 3.09. The lowest BCUT2D eigenvalue weighted by atomic mass is 10.1. The number of hydrogen-bond acceptors (Lipinski definition) is 4. The van der Waals surface area contributed by atoms with Crippen LogP contribution in [0.2, 0.25) is 0 Å². The average molecular weight is 343 g/mol. The van der Waals surface area contributed by atoms with Crippen LogP contribution in [0, 0.1) is 0 Å². The van der Waals surface area contributed by atoms with Gasteiger partial charge in [0.25, 0.3) is 5.91 Å². The van der Waals surface area contributed by atoms with Crippen molar-refractivity contribution < 1.29 is 9.59 Å². The molecule has 2 amide bonds. The normalized spacial score (nSPS) is 10.2. The molecular formula is C18H21N3O2S. The largest absolute Gasteiger partial charge is 0.352 e. The van der Waals surface area contributed by atoms with Crippen LogP contribution in [0.1, 0.15) is 29.3 Å². The zero-order valence-corrected chi connectivity index (χ0v) is 14.4. The van der Waals surface area contributed by atoms with Gasteiger partial charge in [-0.05, 0) is 35.6 Å². The summed E-state index contributed by atoms with van der Waals surface area (Å²) in [5.41, 5.74) is 2.18. The lowest BCUT2D eigenvalue weighted by Crippen LogP contribution is -2.23. The smallest absolute Gasteiger partial charge is 0.255 e. The number of aromatic nitrogens is 1. The van der Waals surface area contributed by atoms with Crippen LogP contribution in [-0.4, -0.2) is 28.3 Å². The molecule has 0 saturated carbocycles. The molecule has 0 fully saturated rings. The molecule has 24 heavy (non-hydrogen) atoms. The van der Waals surface area contributed by atoms with Crippen LogP contribution >= 0.6 is 11.8 Å². The molecule has 0 aliphatic heterocycles. The zero-order valence-electron chi connectivity index (χ0n) is 13.6. The molecule has 0 aliphatic carbocycles. The van der Waals surface area contributed by atoms with Gasteiger partial charge in [-0.25, -0.2) is 0 Å². The third kappa shape index (κ3) is 6.04. The van der Waals surface area contributed by atoms with E-state index < -0.39 is 0 Å². The van der Waals surface area contributed by atoms with Crippen LogP contribution in [0.3, 0.4) is 0 Å². The Morgan fingerprint density at radius 3 is 2.62 bits per heavy atom. The summed E-state index contributed by atoms with van der Waals surface area (Å²) < 4.78 is 0. The number of rotatable bonds is 8. The minimum absolute atomic E-state index is 0.0503. The van der Waals surface area contributed by atoms with Gasteiger partial charge in [0.15, 0.2) is 0 Å². The topological polar surface area (TPSA) is 71.1 Å². The average Bonchev–Trinajstić information content (AvgIpc) is 2.61. The Bertz CT molecular complexity index is 660.